The van der Waals surface area contributed by atoms with Gasteiger partial charge in [0.05, 0.1) is 24.7 Å². The number of esters is 1. The van der Waals surface area contributed by atoms with Crippen LogP contribution in [0.2, 0.25) is 0 Å². The van der Waals surface area contributed by atoms with Crippen LogP contribution in [0.1, 0.15) is 13.8 Å². The summed E-state index contributed by atoms with van der Waals surface area (Å²) in [6.07, 6.45) is 0. The van der Waals surface area contributed by atoms with Gasteiger partial charge < -0.3 is 9.26 Å². The van der Waals surface area contributed by atoms with Gasteiger partial charge in [0.15, 0.2) is 0 Å². The zero-order valence-electron chi connectivity index (χ0n) is 9.10. The minimum absolute atomic E-state index is 0.107. The molecule has 0 N–H and O–H groups in total. The second-order valence-corrected chi connectivity index (χ2v) is 5.11. The second kappa shape index (κ2) is 4.20. The molecule has 0 aliphatic carbocycles. The van der Waals surface area contributed by atoms with Gasteiger partial charge in [-0.15, -0.1) is 0 Å². The minimum Gasteiger partial charge on any atom is -0.461 e. The third kappa shape index (κ3) is 2.00. The number of phosphoric acid groups is 1. The number of fused-ring (bicyclic) bond motifs is 1. The number of rotatable bonds is 2. The van der Waals surface area contributed by atoms with Crippen molar-refractivity contribution >= 4 is 13.8 Å². The molecule has 90 valence electrons. The first-order valence-electron chi connectivity index (χ1n) is 5.02. The van der Waals surface area contributed by atoms with Crippen molar-refractivity contribution < 1.29 is 27.7 Å². The van der Waals surface area contributed by atoms with E-state index < -0.39 is 13.8 Å². The predicted octanol–water partition coefficient (Wildman–Crippen LogP) is 1.62. The van der Waals surface area contributed by atoms with Gasteiger partial charge in [0.2, 0.25) is 0 Å². The van der Waals surface area contributed by atoms with Crippen molar-refractivity contribution in [2.75, 3.05) is 19.8 Å². The molecule has 0 bridgehead atoms. The van der Waals surface area contributed by atoms with Gasteiger partial charge in [0.25, 0.3) is 0 Å². The summed E-state index contributed by atoms with van der Waals surface area (Å²) in [6.45, 7) is 3.82. The summed E-state index contributed by atoms with van der Waals surface area (Å²) >= 11 is 0. The van der Waals surface area contributed by atoms with Gasteiger partial charge in [-0.05, 0) is 13.8 Å². The average Bonchev–Trinajstić information content (AvgIpc) is 2.51. The third-order valence-electron chi connectivity index (χ3n) is 2.39. The summed E-state index contributed by atoms with van der Waals surface area (Å²) in [5.74, 6) is -0.387. The topological polar surface area (TPSA) is 71.1 Å². The van der Waals surface area contributed by atoms with Crippen LogP contribution in [0.4, 0.5) is 0 Å². The van der Waals surface area contributed by atoms with Crippen molar-refractivity contribution in [3.8, 4) is 0 Å². The molecule has 6 nitrogen and oxygen atoms in total. The molecule has 0 aromatic heterocycles. The zero-order valence-corrected chi connectivity index (χ0v) is 9.99. The van der Waals surface area contributed by atoms with Gasteiger partial charge in [-0.2, -0.15) is 0 Å². The molecular weight excluding hydrogens is 235 g/mol. The molecular formula is C9H13O6P. The van der Waals surface area contributed by atoms with E-state index in [0.29, 0.717) is 5.57 Å². The number of ether oxygens (including phenoxy) is 1. The predicted molar refractivity (Wildman–Crippen MR) is 53.4 cm³/mol. The Morgan fingerprint density at radius 3 is 2.94 bits per heavy atom. The number of phosphoric ester groups is 1. The van der Waals surface area contributed by atoms with Crippen LogP contribution in [0.5, 0.6) is 0 Å². The van der Waals surface area contributed by atoms with Crippen LogP contribution in [0.3, 0.4) is 0 Å². The molecule has 0 aromatic rings. The summed E-state index contributed by atoms with van der Waals surface area (Å²) in [5.41, 5.74) is 0.400. The lowest BCUT2D eigenvalue weighted by atomic mass is 10.0. The smallest absolute Gasteiger partial charge is 0.461 e. The number of hydrogen-bond acceptors (Lipinski definition) is 6. The molecule has 1 saturated heterocycles. The molecule has 2 rings (SSSR count). The fraction of sp³-hybridized carbons (Fsp3) is 0.667. The minimum atomic E-state index is -3.56. The highest BCUT2D eigenvalue weighted by molar-refractivity contribution is 7.48. The molecule has 2 aliphatic heterocycles. The van der Waals surface area contributed by atoms with Gasteiger partial charge in [-0.1, -0.05) is 0 Å². The fourth-order valence-electron chi connectivity index (χ4n) is 1.71. The zero-order chi connectivity index (χ0) is 11.8. The van der Waals surface area contributed by atoms with E-state index in [0.717, 1.165) is 0 Å². The lowest BCUT2D eigenvalue weighted by molar-refractivity contribution is -0.135. The maximum atomic E-state index is 11.9. The van der Waals surface area contributed by atoms with Crippen LogP contribution in [-0.4, -0.2) is 25.8 Å². The van der Waals surface area contributed by atoms with Crippen molar-refractivity contribution in [1.82, 2.24) is 0 Å². The van der Waals surface area contributed by atoms with Crippen LogP contribution in [0.15, 0.2) is 11.3 Å². The largest absolute Gasteiger partial charge is 0.529 e. The quantitative estimate of drug-likeness (QED) is 0.546. The lowest BCUT2D eigenvalue weighted by Gasteiger charge is -2.15. The van der Waals surface area contributed by atoms with Crippen molar-refractivity contribution in [2.24, 2.45) is 5.92 Å². The number of hydrogen-bond donors (Lipinski definition) is 0. The van der Waals surface area contributed by atoms with E-state index in [1.54, 1.807) is 13.8 Å². The van der Waals surface area contributed by atoms with Crippen molar-refractivity contribution in [3.63, 3.8) is 0 Å². The number of cyclic esters (lactones) is 1. The first-order valence-corrected chi connectivity index (χ1v) is 6.48. The van der Waals surface area contributed by atoms with Crippen molar-refractivity contribution in [2.45, 2.75) is 13.8 Å². The number of carbonyl (C=O) groups is 1. The molecule has 0 amide bonds. The molecule has 0 aromatic carbocycles. The van der Waals surface area contributed by atoms with Crippen LogP contribution in [0.25, 0.3) is 0 Å². The average molecular weight is 248 g/mol. The van der Waals surface area contributed by atoms with Gasteiger partial charge >= 0.3 is 13.8 Å². The second-order valence-electron chi connectivity index (χ2n) is 3.52. The molecule has 2 aliphatic rings. The number of carbonyl (C=O) groups excluding carboxylic acids is 1. The molecule has 2 atom stereocenters. The van der Waals surface area contributed by atoms with Gasteiger partial charge in [0, 0.05) is 0 Å². The lowest BCUT2D eigenvalue weighted by Crippen LogP contribution is -2.09. The first-order chi connectivity index (χ1) is 7.56. The monoisotopic (exact) mass is 248 g/mol. The molecule has 0 radical (unpaired) electrons. The Labute approximate surface area is 93.1 Å². The fourth-order valence-corrected chi connectivity index (χ4v) is 3.01. The SMILES string of the molecule is CCOP1(=O)OCC2COC(=O)C2=C(C)O1. The summed E-state index contributed by atoms with van der Waals surface area (Å²) in [5, 5.41) is 0. The molecule has 2 unspecified atom stereocenters. The molecule has 7 heteroatoms. The molecule has 0 spiro atoms. The highest BCUT2D eigenvalue weighted by Crippen LogP contribution is 2.54. The first kappa shape index (κ1) is 11.6. The summed E-state index contributed by atoms with van der Waals surface area (Å²) in [4.78, 5) is 11.4. The van der Waals surface area contributed by atoms with Crippen LogP contribution in [-0.2, 0) is 27.7 Å². The highest BCUT2D eigenvalue weighted by atomic mass is 31.2. The Morgan fingerprint density at radius 2 is 2.25 bits per heavy atom. The Bertz CT molecular complexity index is 387. The molecule has 2 heterocycles. The van der Waals surface area contributed by atoms with E-state index in [2.05, 4.69) is 0 Å². The normalized spacial score (nSPS) is 34.1. The third-order valence-corrected chi connectivity index (χ3v) is 3.93. The van der Waals surface area contributed by atoms with Gasteiger partial charge in [0.1, 0.15) is 12.4 Å². The maximum Gasteiger partial charge on any atom is 0.529 e. The van der Waals surface area contributed by atoms with E-state index in [1.807, 2.05) is 0 Å². The Hall–Kier alpha value is -0.840. The van der Waals surface area contributed by atoms with Crippen LogP contribution >= 0.6 is 7.82 Å². The van der Waals surface area contributed by atoms with E-state index in [-0.39, 0.29) is 31.5 Å². The standard InChI is InChI=1S/C9H13O6P/c1-3-13-16(11)14-5-7-4-12-9(10)8(7)6(2)15-16/h7H,3-5H2,1-2H3. The van der Waals surface area contributed by atoms with Crippen molar-refractivity contribution in [1.29, 1.82) is 0 Å². The van der Waals surface area contributed by atoms with Crippen LogP contribution in [0, 0.1) is 5.92 Å². The van der Waals surface area contributed by atoms with Crippen LogP contribution < -0.4 is 0 Å². The molecule has 16 heavy (non-hydrogen) atoms. The van der Waals surface area contributed by atoms with E-state index in [4.69, 9.17) is 18.3 Å². The Balaban J connectivity index is 2.28. The Morgan fingerprint density at radius 1 is 1.50 bits per heavy atom. The van der Waals surface area contributed by atoms with E-state index >= 15 is 0 Å². The molecule has 1 fully saturated rings. The van der Waals surface area contributed by atoms with Gasteiger partial charge in [-0.3, -0.25) is 9.05 Å². The van der Waals surface area contributed by atoms with E-state index in [1.165, 1.54) is 0 Å². The summed E-state index contributed by atoms with van der Waals surface area (Å²) < 4.78 is 32.0. The number of allylic oxidation sites excluding steroid dienone is 1. The molecule has 0 saturated carbocycles. The summed E-state index contributed by atoms with van der Waals surface area (Å²) in [7, 11) is -3.56. The summed E-state index contributed by atoms with van der Waals surface area (Å²) in [6, 6.07) is 0. The Kier molecular flexibility index (Phi) is 3.06. The van der Waals surface area contributed by atoms with E-state index in [9.17, 15) is 9.36 Å². The highest BCUT2D eigenvalue weighted by Gasteiger charge is 2.41. The maximum absolute atomic E-state index is 11.9. The van der Waals surface area contributed by atoms with Crippen molar-refractivity contribution in [3.05, 3.63) is 11.3 Å². The van der Waals surface area contributed by atoms with Gasteiger partial charge in [-0.25, -0.2) is 9.36 Å².